The van der Waals surface area contributed by atoms with Crippen molar-refractivity contribution in [2.75, 3.05) is 26.2 Å². The number of halogens is 2. The molecular formula is C35H43Cl2N3O. The number of carbonyl (C=O) groups excluding carboxylic acids is 1. The van der Waals surface area contributed by atoms with Crippen LogP contribution in [0.1, 0.15) is 75.8 Å². The smallest absolute Gasteiger partial charge is 0.162 e. The number of benzene rings is 3. The van der Waals surface area contributed by atoms with Gasteiger partial charge in [-0.2, -0.15) is 5.26 Å². The number of nitriles is 1. The van der Waals surface area contributed by atoms with Gasteiger partial charge >= 0.3 is 0 Å². The maximum Gasteiger partial charge on any atom is 0.162 e. The molecule has 5 rings (SSSR count). The summed E-state index contributed by atoms with van der Waals surface area (Å²) in [5, 5.41) is 9.43. The summed E-state index contributed by atoms with van der Waals surface area (Å²) in [6, 6.07) is 25.5. The standard InChI is InChI=1S/C35H41N3O.2ClH/c1-27-9-11-29(12-10-27)25-37-19-15-28(16-20-37)5-4-8-35(39)32-14-13-30-17-21-38(22-18-31(30)23-32)26-34-7-3-2-6-33(34)24-36;;/h2-3,6-7,9-14,23,28H,4-5,8,15-22,25-26H2,1H3;2*1H. The molecule has 0 bridgehead atoms. The Morgan fingerprint density at radius 3 is 2.27 bits per heavy atom. The van der Waals surface area contributed by atoms with Crippen LogP contribution in [0.5, 0.6) is 0 Å². The molecule has 41 heavy (non-hydrogen) atoms. The van der Waals surface area contributed by atoms with E-state index in [4.69, 9.17) is 0 Å². The second kappa shape index (κ2) is 16.1. The Morgan fingerprint density at radius 1 is 0.854 bits per heavy atom. The van der Waals surface area contributed by atoms with Crippen molar-refractivity contribution >= 4 is 30.6 Å². The van der Waals surface area contributed by atoms with Gasteiger partial charge < -0.3 is 0 Å². The molecule has 0 saturated carbocycles. The third-order valence-corrected chi connectivity index (χ3v) is 8.70. The van der Waals surface area contributed by atoms with Crippen LogP contribution in [0.25, 0.3) is 0 Å². The maximum absolute atomic E-state index is 13.1. The van der Waals surface area contributed by atoms with E-state index in [1.54, 1.807) is 0 Å². The number of piperidine rings is 1. The van der Waals surface area contributed by atoms with Crippen molar-refractivity contribution in [2.24, 2.45) is 5.92 Å². The van der Waals surface area contributed by atoms with E-state index in [0.717, 1.165) is 87.6 Å². The van der Waals surface area contributed by atoms with Crippen LogP contribution in [0.4, 0.5) is 0 Å². The van der Waals surface area contributed by atoms with Crippen molar-refractivity contribution in [3.8, 4) is 6.07 Å². The molecule has 0 spiro atoms. The summed E-state index contributed by atoms with van der Waals surface area (Å²) in [7, 11) is 0. The Morgan fingerprint density at radius 2 is 1.54 bits per heavy atom. The minimum Gasteiger partial charge on any atom is -0.299 e. The number of hydrogen-bond acceptors (Lipinski definition) is 4. The lowest BCUT2D eigenvalue weighted by molar-refractivity contribution is 0.0974. The molecule has 0 aromatic heterocycles. The molecular weight excluding hydrogens is 549 g/mol. The molecule has 0 unspecified atom stereocenters. The number of carbonyl (C=O) groups is 1. The Kier molecular flexibility index (Phi) is 12.9. The highest BCUT2D eigenvalue weighted by atomic mass is 35.5. The van der Waals surface area contributed by atoms with Crippen molar-refractivity contribution in [3.63, 3.8) is 0 Å². The number of nitrogens with zero attached hydrogens (tertiary/aromatic N) is 3. The lowest BCUT2D eigenvalue weighted by Crippen LogP contribution is -2.33. The van der Waals surface area contributed by atoms with Crippen LogP contribution in [-0.2, 0) is 25.9 Å². The molecule has 218 valence electrons. The first-order chi connectivity index (χ1) is 19.1. The van der Waals surface area contributed by atoms with Gasteiger partial charge in [0.05, 0.1) is 11.6 Å². The molecule has 1 saturated heterocycles. The van der Waals surface area contributed by atoms with Crippen LogP contribution < -0.4 is 0 Å². The molecule has 4 nitrogen and oxygen atoms in total. The Hall–Kier alpha value is -2.68. The largest absolute Gasteiger partial charge is 0.299 e. The van der Waals surface area contributed by atoms with E-state index in [-0.39, 0.29) is 24.8 Å². The van der Waals surface area contributed by atoms with Gasteiger partial charge in [0.25, 0.3) is 0 Å². The van der Waals surface area contributed by atoms with Gasteiger partial charge in [0.2, 0.25) is 0 Å². The monoisotopic (exact) mass is 591 g/mol. The van der Waals surface area contributed by atoms with Gasteiger partial charge in [0.1, 0.15) is 0 Å². The summed E-state index contributed by atoms with van der Waals surface area (Å²) in [5.41, 5.74) is 8.14. The van der Waals surface area contributed by atoms with E-state index < -0.39 is 0 Å². The maximum atomic E-state index is 13.1. The normalized spacial score (nSPS) is 16.0. The van der Waals surface area contributed by atoms with Crippen LogP contribution in [-0.4, -0.2) is 41.8 Å². The van der Waals surface area contributed by atoms with Gasteiger partial charge in [-0.3, -0.25) is 14.6 Å². The summed E-state index contributed by atoms with van der Waals surface area (Å²) in [6.45, 7) is 8.24. The van der Waals surface area contributed by atoms with Crippen molar-refractivity contribution < 1.29 is 4.79 Å². The summed E-state index contributed by atoms with van der Waals surface area (Å²) in [6.07, 6.45) is 7.23. The summed E-state index contributed by atoms with van der Waals surface area (Å²) < 4.78 is 0. The third kappa shape index (κ3) is 9.15. The van der Waals surface area contributed by atoms with Gasteiger partial charge in [-0.15, -0.1) is 24.8 Å². The molecule has 0 amide bonds. The highest BCUT2D eigenvalue weighted by molar-refractivity contribution is 5.96. The summed E-state index contributed by atoms with van der Waals surface area (Å²) in [5.74, 6) is 1.04. The number of Topliss-reactive ketones (excluding diaryl/α,β-unsaturated/α-hetero) is 1. The van der Waals surface area contributed by atoms with Crippen LogP contribution in [0.15, 0.2) is 66.7 Å². The molecule has 0 radical (unpaired) electrons. The number of ketones is 1. The van der Waals surface area contributed by atoms with Gasteiger partial charge in [-0.1, -0.05) is 60.2 Å². The fourth-order valence-corrected chi connectivity index (χ4v) is 6.19. The van der Waals surface area contributed by atoms with Crippen molar-refractivity contribution in [3.05, 3.63) is 106 Å². The Balaban J connectivity index is 0.00000231. The van der Waals surface area contributed by atoms with Gasteiger partial charge in [-0.25, -0.2) is 0 Å². The van der Waals surface area contributed by atoms with Crippen molar-refractivity contribution in [1.82, 2.24) is 9.80 Å². The zero-order valence-electron chi connectivity index (χ0n) is 24.2. The molecule has 0 atom stereocenters. The van der Waals surface area contributed by atoms with Gasteiger partial charge in [0.15, 0.2) is 5.78 Å². The van der Waals surface area contributed by atoms with E-state index >= 15 is 0 Å². The predicted molar refractivity (Wildman–Crippen MR) is 172 cm³/mol. The molecule has 1 fully saturated rings. The van der Waals surface area contributed by atoms with E-state index in [9.17, 15) is 10.1 Å². The topological polar surface area (TPSA) is 47.3 Å². The number of likely N-dealkylation sites (tertiary alicyclic amines) is 1. The fraction of sp³-hybridized carbons (Fsp3) is 0.429. The zero-order chi connectivity index (χ0) is 27.0. The zero-order valence-corrected chi connectivity index (χ0v) is 25.8. The first-order valence-electron chi connectivity index (χ1n) is 14.7. The highest BCUT2D eigenvalue weighted by Crippen LogP contribution is 2.25. The Bertz CT molecular complexity index is 1310. The fourth-order valence-electron chi connectivity index (χ4n) is 6.19. The number of aryl methyl sites for hydroxylation is 1. The van der Waals surface area contributed by atoms with Crippen molar-refractivity contribution in [2.45, 2.75) is 65.0 Å². The third-order valence-electron chi connectivity index (χ3n) is 8.70. The minimum atomic E-state index is 0. The van der Waals surface area contributed by atoms with Crippen molar-refractivity contribution in [1.29, 1.82) is 5.26 Å². The van der Waals surface area contributed by atoms with Gasteiger partial charge in [0, 0.05) is 38.2 Å². The molecule has 6 heteroatoms. The van der Waals surface area contributed by atoms with Gasteiger partial charge in [-0.05, 0) is 98.8 Å². The van der Waals surface area contributed by atoms with Crippen LogP contribution >= 0.6 is 24.8 Å². The molecule has 0 N–H and O–H groups in total. The van der Waals surface area contributed by atoms with E-state index in [2.05, 4.69) is 65.3 Å². The quantitative estimate of drug-likeness (QED) is 0.241. The Labute approximate surface area is 258 Å². The first kappa shape index (κ1) is 32.8. The molecule has 3 aromatic carbocycles. The molecule has 2 heterocycles. The van der Waals surface area contributed by atoms with Crippen LogP contribution in [0.2, 0.25) is 0 Å². The average molecular weight is 593 g/mol. The number of fused-ring (bicyclic) bond motifs is 1. The summed E-state index contributed by atoms with van der Waals surface area (Å²) in [4.78, 5) is 18.1. The highest BCUT2D eigenvalue weighted by Gasteiger charge is 2.20. The minimum absolute atomic E-state index is 0. The van der Waals surface area contributed by atoms with E-state index in [1.165, 1.54) is 35.1 Å². The molecule has 2 aliphatic rings. The number of rotatable bonds is 9. The van der Waals surface area contributed by atoms with E-state index in [0.29, 0.717) is 12.2 Å². The van der Waals surface area contributed by atoms with E-state index in [1.807, 2.05) is 24.3 Å². The average Bonchev–Trinajstić information content (AvgIpc) is 3.17. The lowest BCUT2D eigenvalue weighted by atomic mass is 9.90. The van der Waals surface area contributed by atoms with Crippen LogP contribution in [0.3, 0.4) is 0 Å². The number of hydrogen-bond donors (Lipinski definition) is 0. The predicted octanol–water partition coefficient (Wildman–Crippen LogP) is 7.58. The van der Waals surface area contributed by atoms with Crippen LogP contribution in [0, 0.1) is 24.2 Å². The SMILES string of the molecule is Cc1ccc(CN2CCC(CCCC(=O)c3ccc4c(c3)CCN(Cc3ccccc3C#N)CC4)CC2)cc1.Cl.Cl. The second-order valence-electron chi connectivity index (χ2n) is 11.5. The molecule has 3 aromatic rings. The second-order valence-corrected chi connectivity index (χ2v) is 11.5. The molecule has 2 aliphatic heterocycles. The summed E-state index contributed by atoms with van der Waals surface area (Å²) >= 11 is 0. The molecule has 0 aliphatic carbocycles. The first-order valence-corrected chi connectivity index (χ1v) is 14.7. The lowest BCUT2D eigenvalue weighted by Gasteiger charge is -2.32.